The van der Waals surface area contributed by atoms with E-state index in [-0.39, 0.29) is 5.54 Å². The molecule has 2 nitrogen and oxygen atoms in total. The predicted molar refractivity (Wildman–Crippen MR) is 74.7 cm³/mol. The number of nitrogens with zero attached hydrogens (tertiary/aromatic N) is 1. The third kappa shape index (κ3) is 2.81. The van der Waals surface area contributed by atoms with Crippen molar-refractivity contribution >= 4 is 5.69 Å². The molecule has 94 valence electrons. The first-order valence-corrected chi connectivity index (χ1v) is 6.53. The van der Waals surface area contributed by atoms with Gasteiger partial charge in [0.1, 0.15) is 0 Å². The van der Waals surface area contributed by atoms with Gasteiger partial charge in [-0.1, -0.05) is 25.1 Å². The average molecular weight is 232 g/mol. The fourth-order valence-electron chi connectivity index (χ4n) is 2.61. The van der Waals surface area contributed by atoms with E-state index in [9.17, 15) is 0 Å². The van der Waals surface area contributed by atoms with Crippen LogP contribution in [0.5, 0.6) is 0 Å². The van der Waals surface area contributed by atoms with Crippen LogP contribution in [0.2, 0.25) is 0 Å². The van der Waals surface area contributed by atoms with E-state index >= 15 is 0 Å². The van der Waals surface area contributed by atoms with E-state index in [0.29, 0.717) is 0 Å². The SMILES string of the molecule is CNC(C)(C)CN1CC(C)Cc2ccccc21. The Labute approximate surface area is 105 Å². The summed E-state index contributed by atoms with van der Waals surface area (Å²) in [5.74, 6) is 0.748. The molecule has 1 unspecified atom stereocenters. The van der Waals surface area contributed by atoms with Crippen LogP contribution in [-0.2, 0) is 6.42 Å². The minimum Gasteiger partial charge on any atom is -0.369 e. The Kier molecular flexibility index (Phi) is 3.43. The van der Waals surface area contributed by atoms with Crippen molar-refractivity contribution in [1.29, 1.82) is 0 Å². The summed E-state index contributed by atoms with van der Waals surface area (Å²) in [5, 5.41) is 3.39. The maximum absolute atomic E-state index is 3.39. The lowest BCUT2D eigenvalue weighted by atomic mass is 9.92. The molecule has 0 bridgehead atoms. The summed E-state index contributed by atoms with van der Waals surface area (Å²) in [7, 11) is 2.04. The van der Waals surface area contributed by atoms with Gasteiger partial charge in [0.15, 0.2) is 0 Å². The van der Waals surface area contributed by atoms with Crippen molar-refractivity contribution in [2.45, 2.75) is 32.7 Å². The predicted octanol–water partition coefficient (Wildman–Crippen LogP) is 2.68. The fourth-order valence-corrected chi connectivity index (χ4v) is 2.61. The summed E-state index contributed by atoms with van der Waals surface area (Å²) in [6.07, 6.45) is 1.21. The standard InChI is InChI=1S/C15H24N2/c1-12-9-13-7-5-6-8-14(13)17(10-12)11-15(2,3)16-4/h5-8,12,16H,9-11H2,1-4H3. The van der Waals surface area contributed by atoms with Gasteiger partial charge >= 0.3 is 0 Å². The molecule has 0 fully saturated rings. The molecule has 0 spiro atoms. The first-order chi connectivity index (χ1) is 8.02. The lowest BCUT2D eigenvalue weighted by Crippen LogP contribution is -2.50. The van der Waals surface area contributed by atoms with Crippen LogP contribution in [0.15, 0.2) is 24.3 Å². The molecule has 0 saturated heterocycles. The zero-order valence-corrected chi connectivity index (χ0v) is 11.5. The molecule has 1 aliphatic heterocycles. The van der Waals surface area contributed by atoms with Crippen molar-refractivity contribution in [2.24, 2.45) is 5.92 Å². The van der Waals surface area contributed by atoms with E-state index in [1.807, 2.05) is 7.05 Å². The average Bonchev–Trinajstić information content (AvgIpc) is 2.28. The molecular formula is C15H24N2. The molecular weight excluding hydrogens is 208 g/mol. The number of para-hydroxylation sites is 1. The Hall–Kier alpha value is -1.02. The van der Waals surface area contributed by atoms with E-state index in [1.165, 1.54) is 24.2 Å². The summed E-state index contributed by atoms with van der Waals surface area (Å²) < 4.78 is 0. The van der Waals surface area contributed by atoms with Crippen molar-refractivity contribution < 1.29 is 0 Å². The van der Waals surface area contributed by atoms with Gasteiger partial charge in [-0.3, -0.25) is 0 Å². The second-order valence-electron chi connectivity index (χ2n) is 5.95. The number of benzene rings is 1. The molecule has 17 heavy (non-hydrogen) atoms. The van der Waals surface area contributed by atoms with Crippen molar-refractivity contribution in [3.8, 4) is 0 Å². The number of fused-ring (bicyclic) bond motifs is 1. The summed E-state index contributed by atoms with van der Waals surface area (Å²) in [6.45, 7) is 9.09. The first-order valence-electron chi connectivity index (χ1n) is 6.53. The van der Waals surface area contributed by atoms with Crippen LogP contribution >= 0.6 is 0 Å². The number of nitrogens with one attached hydrogen (secondary N) is 1. The topological polar surface area (TPSA) is 15.3 Å². The van der Waals surface area contributed by atoms with Crippen LogP contribution in [-0.4, -0.2) is 25.7 Å². The van der Waals surface area contributed by atoms with Crippen LogP contribution in [0.4, 0.5) is 5.69 Å². The Morgan fingerprint density at radius 2 is 2.06 bits per heavy atom. The second kappa shape index (κ2) is 4.69. The minimum absolute atomic E-state index is 0.157. The highest BCUT2D eigenvalue weighted by molar-refractivity contribution is 5.56. The normalized spacial score (nSPS) is 20.2. The molecule has 1 aliphatic rings. The summed E-state index contributed by atoms with van der Waals surface area (Å²) in [4.78, 5) is 2.53. The maximum atomic E-state index is 3.39. The Morgan fingerprint density at radius 3 is 2.76 bits per heavy atom. The highest BCUT2D eigenvalue weighted by atomic mass is 15.2. The van der Waals surface area contributed by atoms with Crippen molar-refractivity contribution in [1.82, 2.24) is 5.32 Å². The van der Waals surface area contributed by atoms with Gasteiger partial charge < -0.3 is 10.2 Å². The molecule has 1 N–H and O–H groups in total. The molecule has 1 atom stereocenters. The van der Waals surface area contributed by atoms with Crippen LogP contribution in [0.25, 0.3) is 0 Å². The van der Waals surface area contributed by atoms with E-state index in [1.54, 1.807) is 0 Å². The van der Waals surface area contributed by atoms with Crippen LogP contribution in [0.1, 0.15) is 26.3 Å². The quantitative estimate of drug-likeness (QED) is 0.862. The number of anilines is 1. The van der Waals surface area contributed by atoms with Gasteiger partial charge in [-0.25, -0.2) is 0 Å². The summed E-state index contributed by atoms with van der Waals surface area (Å²) >= 11 is 0. The lowest BCUT2D eigenvalue weighted by molar-refractivity contribution is 0.401. The van der Waals surface area contributed by atoms with Crippen molar-refractivity contribution in [2.75, 3.05) is 25.0 Å². The van der Waals surface area contributed by atoms with Gasteiger partial charge in [-0.05, 0) is 44.9 Å². The minimum atomic E-state index is 0.157. The Bertz CT molecular complexity index is 384. The zero-order valence-electron chi connectivity index (χ0n) is 11.5. The van der Waals surface area contributed by atoms with E-state index in [2.05, 4.69) is 55.3 Å². The molecule has 0 amide bonds. The molecule has 0 aromatic heterocycles. The molecule has 2 rings (SSSR count). The van der Waals surface area contributed by atoms with E-state index < -0.39 is 0 Å². The van der Waals surface area contributed by atoms with Gasteiger partial charge in [0, 0.05) is 24.3 Å². The van der Waals surface area contributed by atoms with Crippen LogP contribution in [0.3, 0.4) is 0 Å². The molecule has 0 aliphatic carbocycles. The zero-order chi connectivity index (χ0) is 12.5. The largest absolute Gasteiger partial charge is 0.369 e. The molecule has 2 heteroatoms. The monoisotopic (exact) mass is 232 g/mol. The molecule has 1 aromatic carbocycles. The summed E-state index contributed by atoms with van der Waals surface area (Å²) in [5.41, 5.74) is 3.08. The van der Waals surface area contributed by atoms with Gasteiger partial charge in [0.05, 0.1) is 0 Å². The van der Waals surface area contributed by atoms with Gasteiger partial charge in [0.25, 0.3) is 0 Å². The Balaban J connectivity index is 2.24. The third-order valence-electron chi connectivity index (χ3n) is 3.70. The van der Waals surface area contributed by atoms with Gasteiger partial charge in [0.2, 0.25) is 0 Å². The highest BCUT2D eigenvalue weighted by Crippen LogP contribution is 2.30. The van der Waals surface area contributed by atoms with Crippen LogP contribution in [0, 0.1) is 5.92 Å². The van der Waals surface area contributed by atoms with E-state index in [0.717, 1.165) is 12.5 Å². The first kappa shape index (κ1) is 12.4. The van der Waals surface area contributed by atoms with Gasteiger partial charge in [-0.2, -0.15) is 0 Å². The smallest absolute Gasteiger partial charge is 0.0399 e. The number of likely N-dealkylation sites (N-methyl/N-ethyl adjacent to an activating group) is 1. The summed E-state index contributed by atoms with van der Waals surface area (Å²) in [6, 6.07) is 8.82. The number of hydrogen-bond acceptors (Lipinski definition) is 2. The number of hydrogen-bond donors (Lipinski definition) is 1. The molecule has 0 saturated carbocycles. The van der Waals surface area contributed by atoms with Crippen LogP contribution < -0.4 is 10.2 Å². The third-order valence-corrected chi connectivity index (χ3v) is 3.70. The molecule has 1 aromatic rings. The lowest BCUT2D eigenvalue weighted by Gasteiger charge is -2.39. The Morgan fingerprint density at radius 1 is 1.35 bits per heavy atom. The fraction of sp³-hybridized carbons (Fsp3) is 0.600. The maximum Gasteiger partial charge on any atom is 0.0399 e. The highest BCUT2D eigenvalue weighted by Gasteiger charge is 2.26. The second-order valence-corrected chi connectivity index (χ2v) is 5.95. The van der Waals surface area contributed by atoms with E-state index in [4.69, 9.17) is 0 Å². The molecule has 0 radical (unpaired) electrons. The van der Waals surface area contributed by atoms with Crippen molar-refractivity contribution in [3.63, 3.8) is 0 Å². The van der Waals surface area contributed by atoms with Gasteiger partial charge in [-0.15, -0.1) is 0 Å². The molecule has 1 heterocycles. The van der Waals surface area contributed by atoms with Crippen molar-refractivity contribution in [3.05, 3.63) is 29.8 Å². The number of rotatable bonds is 3.